The zero-order valence-electron chi connectivity index (χ0n) is 14.3. The van der Waals surface area contributed by atoms with Gasteiger partial charge in [-0.15, -0.1) is 0 Å². The third-order valence-electron chi connectivity index (χ3n) is 4.92. The van der Waals surface area contributed by atoms with Gasteiger partial charge in [0.25, 0.3) is 5.91 Å². The Labute approximate surface area is 147 Å². The molecule has 0 fully saturated rings. The van der Waals surface area contributed by atoms with E-state index in [4.69, 9.17) is 4.52 Å². The van der Waals surface area contributed by atoms with Gasteiger partial charge in [-0.05, 0) is 48.6 Å². The molecule has 0 bridgehead atoms. The minimum Gasteiger partial charge on any atom is -0.371 e. The van der Waals surface area contributed by atoms with Gasteiger partial charge in [0.15, 0.2) is 0 Å². The lowest BCUT2D eigenvalue weighted by molar-refractivity contribution is 0.0949. The van der Waals surface area contributed by atoms with Gasteiger partial charge in [-0.1, -0.05) is 29.4 Å². The molecule has 0 saturated carbocycles. The fourth-order valence-corrected chi connectivity index (χ4v) is 3.33. The topological polar surface area (TPSA) is 58.4 Å². The Balaban J connectivity index is 1.41. The summed E-state index contributed by atoms with van der Waals surface area (Å²) >= 11 is 0. The number of hydrogen-bond donors (Lipinski definition) is 1. The van der Waals surface area contributed by atoms with Gasteiger partial charge in [-0.25, -0.2) is 0 Å². The number of hydrogen-bond acceptors (Lipinski definition) is 4. The second-order valence-corrected chi connectivity index (χ2v) is 6.54. The van der Waals surface area contributed by atoms with Crippen molar-refractivity contribution in [3.8, 4) is 0 Å². The Morgan fingerprint density at radius 3 is 2.76 bits per heavy atom. The average Bonchev–Trinajstić information content (AvgIpc) is 2.89. The van der Waals surface area contributed by atoms with Gasteiger partial charge in [-0.2, -0.15) is 0 Å². The zero-order chi connectivity index (χ0) is 17.2. The Morgan fingerprint density at radius 2 is 2.08 bits per heavy atom. The molecule has 4 rings (SSSR count). The fourth-order valence-electron chi connectivity index (χ4n) is 3.33. The van der Waals surface area contributed by atoms with E-state index in [1.54, 1.807) is 6.92 Å². The molecule has 1 aromatic heterocycles. The SMILES string of the molecule is Cc1nocc1C(=O)NCc1ccc2c(c1)CCN(C1=CC=C1)CC2. The van der Waals surface area contributed by atoms with E-state index in [1.807, 2.05) is 0 Å². The van der Waals surface area contributed by atoms with Crippen LogP contribution in [0, 0.1) is 6.92 Å². The van der Waals surface area contributed by atoms with Crippen molar-refractivity contribution in [2.24, 2.45) is 0 Å². The second-order valence-electron chi connectivity index (χ2n) is 6.54. The summed E-state index contributed by atoms with van der Waals surface area (Å²) in [4.78, 5) is 14.6. The maximum absolute atomic E-state index is 12.2. The predicted molar refractivity (Wildman–Crippen MR) is 95.1 cm³/mol. The summed E-state index contributed by atoms with van der Waals surface area (Å²) in [6.07, 6.45) is 9.92. The van der Waals surface area contributed by atoms with Crippen LogP contribution in [0.25, 0.3) is 0 Å². The number of nitrogens with zero attached hydrogens (tertiary/aromatic N) is 2. The van der Waals surface area contributed by atoms with Crippen LogP contribution in [0.5, 0.6) is 0 Å². The van der Waals surface area contributed by atoms with E-state index in [1.165, 1.54) is 23.1 Å². The van der Waals surface area contributed by atoms with E-state index in [-0.39, 0.29) is 5.91 Å². The molecule has 25 heavy (non-hydrogen) atoms. The van der Waals surface area contributed by atoms with Crippen molar-refractivity contribution >= 4 is 5.91 Å². The van der Waals surface area contributed by atoms with Crippen LogP contribution < -0.4 is 5.32 Å². The highest BCUT2D eigenvalue weighted by atomic mass is 16.5. The van der Waals surface area contributed by atoms with E-state index in [0.29, 0.717) is 17.8 Å². The molecule has 0 unspecified atom stereocenters. The van der Waals surface area contributed by atoms with E-state index < -0.39 is 0 Å². The van der Waals surface area contributed by atoms with Crippen molar-refractivity contribution in [1.82, 2.24) is 15.4 Å². The van der Waals surface area contributed by atoms with Crippen molar-refractivity contribution in [2.45, 2.75) is 26.3 Å². The van der Waals surface area contributed by atoms with Gasteiger partial charge in [0, 0.05) is 25.3 Å². The first-order chi connectivity index (χ1) is 12.2. The maximum Gasteiger partial charge on any atom is 0.256 e. The van der Waals surface area contributed by atoms with Crippen LogP contribution in [-0.4, -0.2) is 29.1 Å². The molecule has 1 aliphatic carbocycles. The van der Waals surface area contributed by atoms with Gasteiger partial charge in [0.2, 0.25) is 0 Å². The molecule has 0 atom stereocenters. The molecule has 0 radical (unpaired) electrons. The first kappa shape index (κ1) is 15.7. The van der Waals surface area contributed by atoms with Crippen LogP contribution >= 0.6 is 0 Å². The van der Waals surface area contributed by atoms with Crippen LogP contribution in [0.1, 0.15) is 32.7 Å². The molecule has 1 aromatic carbocycles. The summed E-state index contributed by atoms with van der Waals surface area (Å²) in [6, 6.07) is 6.54. The third kappa shape index (κ3) is 3.22. The number of fused-ring (bicyclic) bond motifs is 1. The molecule has 0 spiro atoms. The third-order valence-corrected chi connectivity index (χ3v) is 4.92. The van der Waals surface area contributed by atoms with Crippen LogP contribution in [0.3, 0.4) is 0 Å². The number of amides is 1. The number of carbonyl (C=O) groups is 1. The van der Waals surface area contributed by atoms with E-state index >= 15 is 0 Å². The summed E-state index contributed by atoms with van der Waals surface area (Å²) in [5.74, 6) is -0.149. The average molecular weight is 335 g/mol. The van der Waals surface area contributed by atoms with E-state index in [0.717, 1.165) is 31.5 Å². The van der Waals surface area contributed by atoms with Crippen molar-refractivity contribution in [3.63, 3.8) is 0 Å². The van der Waals surface area contributed by atoms with Crippen molar-refractivity contribution < 1.29 is 9.32 Å². The summed E-state index contributed by atoms with van der Waals surface area (Å²) < 4.78 is 4.83. The number of aryl methyl sites for hydroxylation is 1. The summed E-state index contributed by atoms with van der Waals surface area (Å²) in [6.45, 7) is 4.37. The maximum atomic E-state index is 12.2. The molecular formula is C20H21N3O2. The van der Waals surface area contributed by atoms with Gasteiger partial charge in [0.1, 0.15) is 11.8 Å². The van der Waals surface area contributed by atoms with Crippen molar-refractivity contribution in [1.29, 1.82) is 0 Å². The lowest BCUT2D eigenvalue weighted by Gasteiger charge is -2.26. The molecule has 1 aliphatic heterocycles. The largest absolute Gasteiger partial charge is 0.371 e. The normalized spacial score (nSPS) is 15.9. The smallest absolute Gasteiger partial charge is 0.256 e. The number of allylic oxidation sites excluding steroid dienone is 3. The predicted octanol–water partition coefficient (Wildman–Crippen LogP) is 2.77. The van der Waals surface area contributed by atoms with Crippen LogP contribution in [0.2, 0.25) is 0 Å². The van der Waals surface area contributed by atoms with Gasteiger partial charge in [-0.3, -0.25) is 4.79 Å². The first-order valence-electron chi connectivity index (χ1n) is 8.64. The molecule has 128 valence electrons. The Morgan fingerprint density at radius 1 is 1.28 bits per heavy atom. The van der Waals surface area contributed by atoms with Gasteiger partial charge in [0.05, 0.1) is 5.69 Å². The highest BCUT2D eigenvalue weighted by molar-refractivity contribution is 5.94. The van der Waals surface area contributed by atoms with Gasteiger partial charge < -0.3 is 14.7 Å². The lowest BCUT2D eigenvalue weighted by atomic mass is 10.00. The van der Waals surface area contributed by atoms with Crippen molar-refractivity contribution in [3.05, 3.63) is 76.3 Å². The Bertz CT molecular complexity index is 864. The first-order valence-corrected chi connectivity index (χ1v) is 8.64. The number of aromatic nitrogens is 1. The summed E-state index contributed by atoms with van der Waals surface area (Å²) in [5.41, 5.74) is 6.36. The number of nitrogens with one attached hydrogen (secondary N) is 1. The zero-order valence-corrected chi connectivity index (χ0v) is 14.3. The monoisotopic (exact) mass is 335 g/mol. The molecule has 5 heteroatoms. The standard InChI is InChI=1S/C20H21N3O2/c1-14-19(13-25-22-14)20(24)21-12-15-5-6-16-7-9-23(18-3-2-4-18)10-8-17(16)11-15/h2-6,11,13H,7-10,12H2,1H3,(H,21,24). The van der Waals surface area contributed by atoms with Gasteiger partial charge >= 0.3 is 0 Å². The molecule has 1 N–H and O–H groups in total. The van der Waals surface area contributed by atoms with E-state index in [9.17, 15) is 4.79 Å². The minimum absolute atomic E-state index is 0.149. The van der Waals surface area contributed by atoms with Crippen LogP contribution in [0.4, 0.5) is 0 Å². The summed E-state index contributed by atoms with van der Waals surface area (Å²) in [5, 5.41) is 6.69. The molecular weight excluding hydrogens is 314 g/mol. The molecule has 2 aromatic rings. The second kappa shape index (κ2) is 6.59. The molecule has 2 heterocycles. The Kier molecular flexibility index (Phi) is 4.14. The summed E-state index contributed by atoms with van der Waals surface area (Å²) in [7, 11) is 0. The fraction of sp³-hybridized carbons (Fsp3) is 0.300. The number of rotatable bonds is 4. The lowest BCUT2D eigenvalue weighted by Crippen LogP contribution is -2.26. The van der Waals surface area contributed by atoms with Crippen molar-refractivity contribution in [2.75, 3.05) is 13.1 Å². The highest BCUT2D eigenvalue weighted by Crippen LogP contribution is 2.22. The van der Waals surface area contributed by atoms with E-state index in [2.05, 4.69) is 51.8 Å². The minimum atomic E-state index is -0.149. The molecule has 1 amide bonds. The number of benzene rings is 1. The Hall–Kier alpha value is -2.82. The van der Waals surface area contributed by atoms with Crippen LogP contribution in [-0.2, 0) is 19.4 Å². The quantitative estimate of drug-likeness (QED) is 0.933. The molecule has 5 nitrogen and oxygen atoms in total. The highest BCUT2D eigenvalue weighted by Gasteiger charge is 2.17. The van der Waals surface area contributed by atoms with Crippen LogP contribution in [0.15, 0.2) is 52.9 Å². The number of carbonyl (C=O) groups excluding carboxylic acids is 1. The molecule has 2 aliphatic rings. The molecule has 0 saturated heterocycles.